The topological polar surface area (TPSA) is 64.1 Å². The van der Waals surface area contributed by atoms with Crippen LogP contribution in [0.2, 0.25) is 0 Å². The fraction of sp³-hybridized carbons (Fsp3) is 0.286. The molecule has 0 unspecified atom stereocenters. The summed E-state index contributed by atoms with van der Waals surface area (Å²) in [4.78, 5) is 22.2. The molecular formula is C21H22IN3O2S. The number of hydrogen-bond donors (Lipinski definition) is 1. The van der Waals surface area contributed by atoms with Gasteiger partial charge in [-0.25, -0.2) is 9.97 Å². The van der Waals surface area contributed by atoms with E-state index in [1.165, 1.54) is 2.88 Å². The number of thiophene rings is 1. The second kappa shape index (κ2) is 9.47. The summed E-state index contributed by atoms with van der Waals surface area (Å²) in [5.41, 5.74) is 3.93. The Bertz CT molecular complexity index is 970. The first kappa shape index (κ1) is 20.7. The van der Waals surface area contributed by atoms with Crippen molar-refractivity contribution in [1.82, 2.24) is 9.97 Å². The average molecular weight is 507 g/mol. The van der Waals surface area contributed by atoms with E-state index in [9.17, 15) is 4.79 Å². The lowest BCUT2D eigenvalue weighted by atomic mass is 10.1. The van der Waals surface area contributed by atoms with Gasteiger partial charge in [-0.3, -0.25) is 4.79 Å². The van der Waals surface area contributed by atoms with Gasteiger partial charge >= 0.3 is 5.97 Å². The van der Waals surface area contributed by atoms with Crippen LogP contribution in [0.4, 0.5) is 11.5 Å². The molecule has 7 heteroatoms. The Morgan fingerprint density at radius 2 is 1.89 bits per heavy atom. The van der Waals surface area contributed by atoms with Crippen LogP contribution in [-0.2, 0) is 22.4 Å². The Morgan fingerprint density at radius 3 is 2.50 bits per heavy atom. The van der Waals surface area contributed by atoms with Gasteiger partial charge in [0, 0.05) is 16.9 Å². The van der Waals surface area contributed by atoms with Crippen molar-refractivity contribution < 1.29 is 9.53 Å². The standard InChI is InChI=1S/C21H22IN3O2S/c1-4-16-13(3)23-21(17-10-11-18(22)28-17)25-20(16)24-15-8-6-14(7-9-15)12-19(26)27-5-2/h6-11H,4-5,12H2,1-3H3,(H,23,24,25). The van der Waals surface area contributed by atoms with E-state index in [2.05, 4.69) is 47.0 Å². The Kier molecular flexibility index (Phi) is 7.01. The summed E-state index contributed by atoms with van der Waals surface area (Å²) < 4.78 is 6.21. The summed E-state index contributed by atoms with van der Waals surface area (Å²) >= 11 is 3.99. The van der Waals surface area contributed by atoms with Gasteiger partial charge in [0.05, 0.1) is 20.8 Å². The molecule has 5 nitrogen and oxygen atoms in total. The summed E-state index contributed by atoms with van der Waals surface area (Å²) in [5.74, 6) is 1.36. The van der Waals surface area contributed by atoms with Crippen molar-refractivity contribution in [2.45, 2.75) is 33.6 Å². The van der Waals surface area contributed by atoms with Crippen LogP contribution in [0.1, 0.15) is 30.7 Å². The van der Waals surface area contributed by atoms with Crippen LogP contribution in [0.3, 0.4) is 0 Å². The molecule has 0 radical (unpaired) electrons. The number of anilines is 2. The van der Waals surface area contributed by atoms with E-state index in [0.29, 0.717) is 6.61 Å². The SMILES string of the molecule is CCOC(=O)Cc1ccc(Nc2nc(-c3ccc(I)s3)nc(C)c2CC)cc1. The Balaban J connectivity index is 1.84. The number of rotatable bonds is 7. The third kappa shape index (κ3) is 5.08. The highest BCUT2D eigenvalue weighted by atomic mass is 127. The first-order valence-electron chi connectivity index (χ1n) is 9.15. The van der Waals surface area contributed by atoms with Crippen molar-refractivity contribution in [3.05, 3.63) is 56.1 Å². The number of halogens is 1. The molecule has 0 spiro atoms. The third-order valence-corrected chi connectivity index (χ3v) is 6.12. The Morgan fingerprint density at radius 1 is 1.14 bits per heavy atom. The van der Waals surface area contributed by atoms with Crippen molar-refractivity contribution >= 4 is 51.4 Å². The molecule has 0 aliphatic carbocycles. The molecule has 0 saturated carbocycles. The van der Waals surface area contributed by atoms with Crippen molar-refractivity contribution in [3.63, 3.8) is 0 Å². The molecule has 0 aliphatic heterocycles. The van der Waals surface area contributed by atoms with Gasteiger partial charge in [-0.05, 0) is 72.7 Å². The van der Waals surface area contributed by atoms with Gasteiger partial charge in [0.2, 0.25) is 0 Å². The average Bonchev–Trinajstić information content (AvgIpc) is 3.10. The molecule has 2 aromatic heterocycles. The zero-order chi connectivity index (χ0) is 20.1. The predicted molar refractivity (Wildman–Crippen MR) is 122 cm³/mol. The summed E-state index contributed by atoms with van der Waals surface area (Å²) in [7, 11) is 0. The second-order valence-corrected chi connectivity index (χ2v) is 9.20. The number of carbonyl (C=O) groups is 1. The van der Waals surface area contributed by atoms with Gasteiger partial charge < -0.3 is 10.1 Å². The lowest BCUT2D eigenvalue weighted by molar-refractivity contribution is -0.142. The lowest BCUT2D eigenvalue weighted by Gasteiger charge is -2.14. The lowest BCUT2D eigenvalue weighted by Crippen LogP contribution is -2.07. The molecular weight excluding hydrogens is 485 g/mol. The number of hydrogen-bond acceptors (Lipinski definition) is 6. The van der Waals surface area contributed by atoms with Crippen molar-refractivity contribution in [2.75, 3.05) is 11.9 Å². The number of ether oxygens (including phenoxy) is 1. The maximum absolute atomic E-state index is 11.6. The van der Waals surface area contributed by atoms with Crippen LogP contribution < -0.4 is 5.32 Å². The van der Waals surface area contributed by atoms with E-state index in [0.717, 1.165) is 45.4 Å². The maximum atomic E-state index is 11.6. The molecule has 2 heterocycles. The van der Waals surface area contributed by atoms with Gasteiger partial charge in [-0.2, -0.15) is 0 Å². The van der Waals surface area contributed by atoms with Gasteiger partial charge in [0.1, 0.15) is 5.82 Å². The van der Waals surface area contributed by atoms with Gasteiger partial charge in [0.15, 0.2) is 5.82 Å². The molecule has 0 amide bonds. The van der Waals surface area contributed by atoms with Crippen molar-refractivity contribution in [2.24, 2.45) is 0 Å². The zero-order valence-corrected chi connectivity index (χ0v) is 19.1. The third-order valence-electron chi connectivity index (χ3n) is 4.23. The fourth-order valence-corrected chi connectivity index (χ4v) is 4.45. The molecule has 0 atom stereocenters. The minimum Gasteiger partial charge on any atom is -0.466 e. The van der Waals surface area contributed by atoms with Crippen LogP contribution >= 0.6 is 33.9 Å². The predicted octanol–water partition coefficient (Wildman–Crippen LogP) is 5.53. The number of benzene rings is 1. The van der Waals surface area contributed by atoms with Gasteiger partial charge in [-0.1, -0.05) is 19.1 Å². The molecule has 1 aromatic carbocycles. The van der Waals surface area contributed by atoms with E-state index < -0.39 is 0 Å². The molecule has 0 aliphatic rings. The van der Waals surface area contributed by atoms with Crippen LogP contribution in [-0.4, -0.2) is 22.5 Å². The van der Waals surface area contributed by atoms with E-state index >= 15 is 0 Å². The van der Waals surface area contributed by atoms with Crippen LogP contribution in [0.5, 0.6) is 0 Å². The maximum Gasteiger partial charge on any atom is 0.310 e. The van der Waals surface area contributed by atoms with Crippen LogP contribution in [0.15, 0.2) is 36.4 Å². The minimum atomic E-state index is -0.210. The Labute approximate surface area is 182 Å². The highest BCUT2D eigenvalue weighted by molar-refractivity contribution is 14.1. The molecule has 146 valence electrons. The highest BCUT2D eigenvalue weighted by Gasteiger charge is 2.13. The summed E-state index contributed by atoms with van der Waals surface area (Å²) in [6, 6.07) is 11.9. The minimum absolute atomic E-state index is 0.210. The molecule has 28 heavy (non-hydrogen) atoms. The quantitative estimate of drug-likeness (QED) is 0.337. The first-order chi connectivity index (χ1) is 13.5. The smallest absolute Gasteiger partial charge is 0.310 e. The van der Waals surface area contributed by atoms with E-state index in [1.54, 1.807) is 11.3 Å². The number of nitrogens with one attached hydrogen (secondary N) is 1. The molecule has 1 N–H and O–H groups in total. The second-order valence-electron chi connectivity index (χ2n) is 6.22. The molecule has 3 rings (SSSR count). The summed E-state index contributed by atoms with van der Waals surface area (Å²) in [6.45, 7) is 6.34. The Hall–Kier alpha value is -2.00. The van der Waals surface area contributed by atoms with Crippen LogP contribution in [0.25, 0.3) is 10.7 Å². The molecule has 0 fully saturated rings. The normalized spacial score (nSPS) is 10.7. The van der Waals surface area contributed by atoms with Gasteiger partial charge in [-0.15, -0.1) is 11.3 Å². The number of esters is 1. The van der Waals surface area contributed by atoms with Crippen molar-refractivity contribution in [3.8, 4) is 10.7 Å². The summed E-state index contributed by atoms with van der Waals surface area (Å²) in [5, 5.41) is 3.42. The van der Waals surface area contributed by atoms with Gasteiger partial charge in [0.25, 0.3) is 0 Å². The zero-order valence-electron chi connectivity index (χ0n) is 16.1. The molecule has 3 aromatic rings. The highest BCUT2D eigenvalue weighted by Crippen LogP contribution is 2.30. The monoisotopic (exact) mass is 507 g/mol. The van der Waals surface area contributed by atoms with Crippen LogP contribution in [0, 0.1) is 9.81 Å². The number of nitrogens with zero attached hydrogens (tertiary/aromatic N) is 2. The number of aryl methyl sites for hydroxylation is 1. The largest absolute Gasteiger partial charge is 0.466 e. The number of aromatic nitrogens is 2. The van der Waals surface area contributed by atoms with Crippen molar-refractivity contribution in [1.29, 1.82) is 0 Å². The summed E-state index contributed by atoms with van der Waals surface area (Å²) in [6.07, 6.45) is 1.12. The van der Waals surface area contributed by atoms with E-state index in [1.807, 2.05) is 38.1 Å². The molecule has 0 bridgehead atoms. The van der Waals surface area contributed by atoms with E-state index in [4.69, 9.17) is 14.7 Å². The number of carbonyl (C=O) groups excluding carboxylic acids is 1. The van der Waals surface area contributed by atoms with E-state index in [-0.39, 0.29) is 12.4 Å². The molecule has 0 saturated heterocycles. The first-order valence-corrected chi connectivity index (χ1v) is 11.0. The fourth-order valence-electron chi connectivity index (χ4n) is 2.89.